The van der Waals surface area contributed by atoms with Gasteiger partial charge in [0.15, 0.2) is 0 Å². The summed E-state index contributed by atoms with van der Waals surface area (Å²) in [6.07, 6.45) is 0. The van der Waals surface area contributed by atoms with Crippen LogP contribution in [0.15, 0.2) is 48.6 Å². The van der Waals surface area contributed by atoms with Gasteiger partial charge in [0.25, 0.3) is 10.0 Å². The molecule has 0 amide bonds. The molecule has 21 heavy (non-hydrogen) atoms. The van der Waals surface area contributed by atoms with Gasteiger partial charge in [-0.2, -0.15) is 0 Å². The van der Waals surface area contributed by atoms with E-state index < -0.39 is 10.0 Å². The second kappa shape index (κ2) is 6.15. The van der Waals surface area contributed by atoms with Crippen LogP contribution >= 0.6 is 47.8 Å². The standard InChI is InChI=1S/C12H9Br3N2O3S/c13-6-3-8(14)12(9(15)4-6)17-21(19,20)7-1-2-11(18)10(16)5-7/h1-5,17-18H,16H2. The first-order valence-electron chi connectivity index (χ1n) is 5.46. The van der Waals surface area contributed by atoms with Crippen LogP contribution in [-0.2, 0) is 10.0 Å². The SMILES string of the molecule is Nc1cc(S(=O)(=O)Nc2c(Br)cc(Br)cc2Br)ccc1O. The first-order valence-corrected chi connectivity index (χ1v) is 9.33. The molecule has 0 aliphatic heterocycles. The third kappa shape index (κ3) is 3.71. The van der Waals surface area contributed by atoms with Crippen LogP contribution < -0.4 is 10.5 Å². The van der Waals surface area contributed by atoms with Gasteiger partial charge in [0.1, 0.15) is 5.75 Å². The fraction of sp³-hybridized carbons (Fsp3) is 0. The molecule has 9 heteroatoms. The van der Waals surface area contributed by atoms with Gasteiger partial charge in [-0.05, 0) is 62.2 Å². The van der Waals surface area contributed by atoms with E-state index in [2.05, 4.69) is 52.5 Å². The van der Waals surface area contributed by atoms with Crippen LogP contribution in [0.3, 0.4) is 0 Å². The highest BCUT2D eigenvalue weighted by molar-refractivity contribution is 9.11. The zero-order valence-electron chi connectivity index (χ0n) is 10.3. The average Bonchev–Trinajstić information content (AvgIpc) is 2.37. The topological polar surface area (TPSA) is 92.4 Å². The molecule has 0 fully saturated rings. The maximum atomic E-state index is 12.4. The van der Waals surface area contributed by atoms with E-state index in [1.54, 1.807) is 12.1 Å². The summed E-state index contributed by atoms with van der Waals surface area (Å²) < 4.78 is 29.1. The molecule has 0 aliphatic carbocycles. The van der Waals surface area contributed by atoms with E-state index in [-0.39, 0.29) is 16.3 Å². The number of rotatable bonds is 3. The fourth-order valence-electron chi connectivity index (χ4n) is 1.53. The van der Waals surface area contributed by atoms with Gasteiger partial charge < -0.3 is 10.8 Å². The number of hydrogen-bond donors (Lipinski definition) is 3. The lowest BCUT2D eigenvalue weighted by atomic mass is 10.3. The van der Waals surface area contributed by atoms with Crippen LogP contribution in [0, 0.1) is 0 Å². The van der Waals surface area contributed by atoms with Crippen molar-refractivity contribution >= 4 is 69.2 Å². The minimum Gasteiger partial charge on any atom is -0.506 e. The molecule has 0 aliphatic rings. The van der Waals surface area contributed by atoms with Crippen molar-refractivity contribution in [1.82, 2.24) is 0 Å². The third-order valence-electron chi connectivity index (χ3n) is 2.55. The Morgan fingerprint density at radius 3 is 2.14 bits per heavy atom. The van der Waals surface area contributed by atoms with Crippen molar-refractivity contribution < 1.29 is 13.5 Å². The van der Waals surface area contributed by atoms with Crippen molar-refractivity contribution in [3.05, 3.63) is 43.7 Å². The van der Waals surface area contributed by atoms with Crippen LogP contribution in [0.1, 0.15) is 0 Å². The number of benzene rings is 2. The van der Waals surface area contributed by atoms with Crippen LogP contribution in [-0.4, -0.2) is 13.5 Å². The monoisotopic (exact) mass is 498 g/mol. The molecule has 0 heterocycles. The zero-order valence-corrected chi connectivity index (χ0v) is 15.8. The number of nitrogen functional groups attached to an aromatic ring is 1. The van der Waals surface area contributed by atoms with Gasteiger partial charge in [-0.25, -0.2) is 8.42 Å². The zero-order chi connectivity index (χ0) is 15.8. The van der Waals surface area contributed by atoms with E-state index in [0.717, 1.165) is 4.47 Å². The number of hydrogen-bond acceptors (Lipinski definition) is 4. The molecule has 2 aromatic carbocycles. The molecule has 0 saturated carbocycles. The molecular weight excluding hydrogens is 492 g/mol. The molecule has 0 radical (unpaired) electrons. The second-order valence-electron chi connectivity index (χ2n) is 4.07. The maximum Gasteiger partial charge on any atom is 0.262 e. The molecule has 0 unspecified atom stereocenters. The van der Waals surface area contributed by atoms with E-state index in [1.807, 2.05) is 0 Å². The number of anilines is 2. The normalized spacial score (nSPS) is 11.4. The minimum atomic E-state index is -3.83. The summed E-state index contributed by atoms with van der Waals surface area (Å²) in [6.45, 7) is 0. The van der Waals surface area contributed by atoms with Crippen LogP contribution in [0.5, 0.6) is 5.75 Å². The lowest BCUT2D eigenvalue weighted by Gasteiger charge is -2.12. The molecule has 112 valence electrons. The Labute approximate surface area is 147 Å². The molecule has 4 N–H and O–H groups in total. The van der Waals surface area contributed by atoms with Gasteiger partial charge in [0.2, 0.25) is 0 Å². The van der Waals surface area contributed by atoms with Gasteiger partial charge in [-0.15, -0.1) is 0 Å². The van der Waals surface area contributed by atoms with E-state index in [1.165, 1.54) is 18.2 Å². The highest BCUT2D eigenvalue weighted by Crippen LogP contribution is 2.36. The van der Waals surface area contributed by atoms with E-state index >= 15 is 0 Å². The smallest absolute Gasteiger partial charge is 0.262 e. The highest BCUT2D eigenvalue weighted by Gasteiger charge is 2.19. The van der Waals surface area contributed by atoms with Crippen molar-refractivity contribution in [3.8, 4) is 5.75 Å². The van der Waals surface area contributed by atoms with Gasteiger partial charge in [-0.1, -0.05) is 15.9 Å². The quantitative estimate of drug-likeness (QED) is 0.437. The van der Waals surface area contributed by atoms with Crippen LogP contribution in [0.25, 0.3) is 0 Å². The Bertz CT molecular complexity index is 786. The van der Waals surface area contributed by atoms with Gasteiger partial charge in [0.05, 0.1) is 16.3 Å². The molecule has 0 saturated heterocycles. The van der Waals surface area contributed by atoms with Gasteiger partial charge >= 0.3 is 0 Å². The molecule has 0 bridgehead atoms. The second-order valence-corrected chi connectivity index (χ2v) is 8.38. The lowest BCUT2D eigenvalue weighted by Crippen LogP contribution is -2.14. The number of nitrogens with one attached hydrogen (secondary N) is 1. The minimum absolute atomic E-state index is 0.00758. The van der Waals surface area contributed by atoms with Crippen molar-refractivity contribution in [1.29, 1.82) is 0 Å². The molecular formula is C12H9Br3N2O3S. The fourth-order valence-corrected chi connectivity index (χ4v) is 5.39. The molecule has 2 rings (SSSR count). The summed E-state index contributed by atoms with van der Waals surface area (Å²) in [4.78, 5) is -0.0421. The number of phenolic OH excluding ortho intramolecular Hbond substituents is 1. The molecule has 0 spiro atoms. The van der Waals surface area contributed by atoms with Gasteiger partial charge in [-0.3, -0.25) is 4.72 Å². The number of sulfonamides is 1. The summed E-state index contributed by atoms with van der Waals surface area (Å²) >= 11 is 9.90. The van der Waals surface area contributed by atoms with Crippen LogP contribution in [0.4, 0.5) is 11.4 Å². The number of halogens is 3. The van der Waals surface area contributed by atoms with Gasteiger partial charge in [0, 0.05) is 13.4 Å². The molecule has 5 nitrogen and oxygen atoms in total. The average molecular weight is 501 g/mol. The predicted octanol–water partition coefficient (Wildman–Crippen LogP) is 4.06. The highest BCUT2D eigenvalue weighted by atomic mass is 79.9. The summed E-state index contributed by atoms with van der Waals surface area (Å²) in [5, 5.41) is 9.36. The van der Waals surface area contributed by atoms with Crippen molar-refractivity contribution in [2.24, 2.45) is 0 Å². The molecule has 0 atom stereocenters. The third-order valence-corrected chi connectivity index (χ3v) is 5.61. The number of phenols is 1. The Morgan fingerprint density at radius 2 is 1.62 bits per heavy atom. The van der Waals surface area contributed by atoms with E-state index in [4.69, 9.17) is 5.73 Å². The maximum absolute atomic E-state index is 12.4. The Kier molecular flexibility index (Phi) is 4.86. The Balaban J connectivity index is 2.44. The Hall–Kier alpha value is -0.770. The number of aromatic hydroxyl groups is 1. The largest absolute Gasteiger partial charge is 0.506 e. The Morgan fingerprint density at radius 1 is 1.05 bits per heavy atom. The van der Waals surface area contributed by atoms with Crippen molar-refractivity contribution in [2.75, 3.05) is 10.5 Å². The summed E-state index contributed by atoms with van der Waals surface area (Å²) in [5.41, 5.74) is 5.88. The predicted molar refractivity (Wildman–Crippen MR) is 92.9 cm³/mol. The first kappa shape index (κ1) is 16.6. The first-order chi connectivity index (χ1) is 9.70. The summed E-state index contributed by atoms with van der Waals surface area (Å²) in [5.74, 6) is -0.167. The molecule has 2 aromatic rings. The van der Waals surface area contributed by atoms with E-state index in [9.17, 15) is 13.5 Å². The van der Waals surface area contributed by atoms with Crippen molar-refractivity contribution in [3.63, 3.8) is 0 Å². The summed E-state index contributed by atoms with van der Waals surface area (Å²) in [7, 11) is -3.83. The summed E-state index contributed by atoms with van der Waals surface area (Å²) in [6, 6.07) is 7.13. The van der Waals surface area contributed by atoms with Crippen LogP contribution in [0.2, 0.25) is 0 Å². The number of nitrogens with two attached hydrogens (primary N) is 1. The lowest BCUT2D eigenvalue weighted by molar-refractivity contribution is 0.477. The molecule has 0 aromatic heterocycles. The van der Waals surface area contributed by atoms with E-state index in [0.29, 0.717) is 14.6 Å². The van der Waals surface area contributed by atoms with Crippen molar-refractivity contribution in [2.45, 2.75) is 4.90 Å².